The number of nitrogens with two attached hydrogens (primary N) is 1. The molecule has 0 amide bonds. The predicted octanol–water partition coefficient (Wildman–Crippen LogP) is 2.88. The van der Waals surface area contributed by atoms with Gasteiger partial charge in [0.25, 0.3) is 0 Å². The zero-order chi connectivity index (χ0) is 15.2. The van der Waals surface area contributed by atoms with E-state index in [2.05, 4.69) is 0 Å². The van der Waals surface area contributed by atoms with Gasteiger partial charge in [0.1, 0.15) is 11.6 Å². The zero-order valence-corrected chi connectivity index (χ0v) is 11.0. The van der Waals surface area contributed by atoms with Gasteiger partial charge in [0.2, 0.25) is 0 Å². The van der Waals surface area contributed by atoms with Crippen molar-refractivity contribution in [1.82, 2.24) is 0 Å². The van der Waals surface area contributed by atoms with Crippen molar-refractivity contribution in [3.05, 3.63) is 65.2 Å². The molecular weight excluding hydrogens is 280 g/mol. The van der Waals surface area contributed by atoms with Crippen LogP contribution in [0.15, 0.2) is 42.5 Å². The van der Waals surface area contributed by atoms with Crippen LogP contribution >= 0.6 is 0 Å². The Morgan fingerprint density at radius 3 is 2.52 bits per heavy atom. The van der Waals surface area contributed by atoms with E-state index in [-0.39, 0.29) is 19.1 Å². The van der Waals surface area contributed by atoms with Crippen LogP contribution in [0, 0.1) is 11.6 Å². The number of carbonyl (C=O) groups excluding carboxylic acids is 1. The number of nitrogen functional groups attached to an aromatic ring is 1. The summed E-state index contributed by atoms with van der Waals surface area (Å²) in [4.78, 5) is 11.6. The highest BCUT2D eigenvalue weighted by Gasteiger charge is 2.16. The van der Waals surface area contributed by atoms with Gasteiger partial charge in [-0.15, -0.1) is 0 Å². The third-order valence-electron chi connectivity index (χ3n) is 2.69. The lowest BCUT2D eigenvalue weighted by atomic mass is 10.2. The smallest absolute Gasteiger partial charge is 0.343 e. The summed E-state index contributed by atoms with van der Waals surface area (Å²) in [6, 6.07) is 10.7. The molecular formula is C15H13F2NO3. The van der Waals surface area contributed by atoms with E-state index < -0.39 is 23.2 Å². The number of esters is 1. The standard InChI is InChI=1S/C15H13F2NO3/c16-12-7-13(17)14(18)6-11(12)15(19)21-9-20-8-10-4-2-1-3-5-10/h1-7H,8-9,18H2. The summed E-state index contributed by atoms with van der Waals surface area (Å²) in [6.45, 7) is -0.0907. The summed E-state index contributed by atoms with van der Waals surface area (Å²) in [6.07, 6.45) is 0. The van der Waals surface area contributed by atoms with Gasteiger partial charge < -0.3 is 15.2 Å². The average Bonchev–Trinajstić information content (AvgIpc) is 2.48. The molecule has 0 saturated heterocycles. The van der Waals surface area contributed by atoms with Crippen LogP contribution in [0.25, 0.3) is 0 Å². The number of hydrogen-bond donors (Lipinski definition) is 1. The minimum atomic E-state index is -1.03. The Morgan fingerprint density at radius 1 is 1.10 bits per heavy atom. The Hall–Kier alpha value is -2.47. The molecule has 0 radical (unpaired) electrons. The average molecular weight is 293 g/mol. The topological polar surface area (TPSA) is 61.6 Å². The quantitative estimate of drug-likeness (QED) is 0.398. The number of ether oxygens (including phenoxy) is 2. The normalized spacial score (nSPS) is 10.4. The number of anilines is 1. The summed E-state index contributed by atoms with van der Waals surface area (Å²) in [5.41, 5.74) is 5.43. The highest BCUT2D eigenvalue weighted by molar-refractivity contribution is 5.90. The van der Waals surface area contributed by atoms with Gasteiger partial charge >= 0.3 is 5.97 Å². The number of halogens is 2. The van der Waals surface area contributed by atoms with Crippen LogP contribution in [0.4, 0.5) is 14.5 Å². The van der Waals surface area contributed by atoms with Crippen LogP contribution in [-0.4, -0.2) is 12.8 Å². The first-order valence-corrected chi connectivity index (χ1v) is 6.11. The first kappa shape index (κ1) is 14.9. The number of hydrogen-bond acceptors (Lipinski definition) is 4. The van der Waals surface area contributed by atoms with Crippen LogP contribution in [-0.2, 0) is 16.1 Å². The van der Waals surface area contributed by atoms with Crippen LogP contribution in [0.1, 0.15) is 15.9 Å². The highest BCUT2D eigenvalue weighted by Crippen LogP contribution is 2.17. The minimum absolute atomic E-state index is 0.252. The molecule has 2 N–H and O–H groups in total. The molecule has 0 aliphatic rings. The van der Waals surface area contributed by atoms with E-state index in [4.69, 9.17) is 15.2 Å². The first-order chi connectivity index (χ1) is 10.1. The van der Waals surface area contributed by atoms with Crippen LogP contribution in [0.2, 0.25) is 0 Å². The van der Waals surface area contributed by atoms with E-state index in [1.165, 1.54) is 0 Å². The van der Waals surface area contributed by atoms with Crippen molar-refractivity contribution in [1.29, 1.82) is 0 Å². The Morgan fingerprint density at radius 2 is 1.81 bits per heavy atom. The second kappa shape index (κ2) is 6.81. The van der Waals surface area contributed by atoms with Gasteiger partial charge in [-0.3, -0.25) is 0 Å². The molecule has 6 heteroatoms. The molecule has 4 nitrogen and oxygen atoms in total. The number of rotatable bonds is 5. The molecule has 21 heavy (non-hydrogen) atoms. The van der Waals surface area contributed by atoms with Gasteiger partial charge in [0.05, 0.1) is 17.9 Å². The van der Waals surface area contributed by atoms with Crippen molar-refractivity contribution in [3.8, 4) is 0 Å². The van der Waals surface area contributed by atoms with E-state index in [0.29, 0.717) is 6.07 Å². The summed E-state index contributed by atoms with van der Waals surface area (Å²) < 4.78 is 36.3. The molecule has 2 rings (SSSR count). The zero-order valence-electron chi connectivity index (χ0n) is 11.0. The van der Waals surface area contributed by atoms with E-state index in [1.54, 1.807) is 0 Å². The second-order valence-corrected chi connectivity index (χ2v) is 4.24. The van der Waals surface area contributed by atoms with Crippen LogP contribution in [0.3, 0.4) is 0 Å². The number of carbonyl (C=O) groups is 1. The second-order valence-electron chi connectivity index (χ2n) is 4.24. The van der Waals surface area contributed by atoms with Crippen LogP contribution in [0.5, 0.6) is 0 Å². The van der Waals surface area contributed by atoms with Gasteiger partial charge in [-0.05, 0) is 11.6 Å². The third kappa shape index (κ3) is 4.00. The molecule has 0 spiro atoms. The molecule has 0 heterocycles. The van der Waals surface area contributed by atoms with Gasteiger partial charge in [-0.1, -0.05) is 30.3 Å². The Bertz CT molecular complexity index is 632. The maximum atomic E-state index is 13.4. The Kier molecular flexibility index (Phi) is 4.84. The maximum Gasteiger partial charge on any atom is 0.343 e. The van der Waals surface area contributed by atoms with Crippen LogP contribution < -0.4 is 5.73 Å². The molecule has 0 aliphatic carbocycles. The lowest BCUT2D eigenvalue weighted by molar-refractivity contribution is -0.0383. The molecule has 0 bridgehead atoms. The molecule has 0 aliphatic heterocycles. The van der Waals surface area contributed by atoms with E-state index in [0.717, 1.165) is 11.6 Å². The predicted molar refractivity (Wildman–Crippen MR) is 72.3 cm³/mol. The monoisotopic (exact) mass is 293 g/mol. The summed E-state index contributed by atoms with van der Waals surface area (Å²) in [7, 11) is 0. The van der Waals surface area contributed by atoms with Crippen molar-refractivity contribution in [2.45, 2.75) is 6.61 Å². The minimum Gasteiger partial charge on any atom is -0.435 e. The molecule has 0 unspecified atom stereocenters. The van der Waals surface area contributed by atoms with Gasteiger partial charge in [0, 0.05) is 6.07 Å². The molecule has 0 fully saturated rings. The van der Waals surface area contributed by atoms with Crippen molar-refractivity contribution < 1.29 is 23.0 Å². The van der Waals surface area contributed by atoms with Crippen molar-refractivity contribution in [2.24, 2.45) is 0 Å². The molecule has 2 aromatic rings. The largest absolute Gasteiger partial charge is 0.435 e. The number of benzene rings is 2. The lowest BCUT2D eigenvalue weighted by Crippen LogP contribution is -2.11. The van der Waals surface area contributed by atoms with Gasteiger partial charge in [0.15, 0.2) is 6.79 Å². The van der Waals surface area contributed by atoms with E-state index in [1.807, 2.05) is 30.3 Å². The summed E-state index contributed by atoms with van der Waals surface area (Å²) in [5, 5.41) is 0. The van der Waals surface area contributed by atoms with Crippen molar-refractivity contribution >= 4 is 11.7 Å². The Balaban J connectivity index is 1.86. The van der Waals surface area contributed by atoms with Gasteiger partial charge in [-0.25, -0.2) is 13.6 Å². The lowest BCUT2D eigenvalue weighted by Gasteiger charge is -2.08. The van der Waals surface area contributed by atoms with Crippen molar-refractivity contribution in [2.75, 3.05) is 12.5 Å². The molecule has 0 atom stereocenters. The Labute approximate surface area is 120 Å². The summed E-state index contributed by atoms with van der Waals surface area (Å²) in [5.74, 6) is -2.92. The highest BCUT2D eigenvalue weighted by atomic mass is 19.1. The summed E-state index contributed by atoms with van der Waals surface area (Å²) >= 11 is 0. The molecule has 110 valence electrons. The third-order valence-corrected chi connectivity index (χ3v) is 2.69. The van der Waals surface area contributed by atoms with E-state index in [9.17, 15) is 13.6 Å². The fourth-order valence-electron chi connectivity index (χ4n) is 1.63. The molecule has 0 saturated carbocycles. The van der Waals surface area contributed by atoms with E-state index >= 15 is 0 Å². The van der Waals surface area contributed by atoms with Gasteiger partial charge in [-0.2, -0.15) is 0 Å². The molecule has 2 aromatic carbocycles. The maximum absolute atomic E-state index is 13.4. The molecule has 0 aromatic heterocycles. The fraction of sp³-hybridized carbons (Fsp3) is 0.133. The van der Waals surface area contributed by atoms with Crippen molar-refractivity contribution in [3.63, 3.8) is 0 Å². The SMILES string of the molecule is Nc1cc(C(=O)OCOCc2ccccc2)c(F)cc1F. The fourth-order valence-corrected chi connectivity index (χ4v) is 1.63. The first-order valence-electron chi connectivity index (χ1n) is 6.11.